The van der Waals surface area contributed by atoms with Gasteiger partial charge in [0.25, 0.3) is 5.91 Å². The van der Waals surface area contributed by atoms with Crippen molar-refractivity contribution in [1.82, 2.24) is 0 Å². The summed E-state index contributed by atoms with van der Waals surface area (Å²) in [7, 11) is 0. The maximum atomic E-state index is 11.8. The van der Waals surface area contributed by atoms with Gasteiger partial charge in [0.1, 0.15) is 0 Å². The monoisotopic (exact) mass is 197 g/mol. The number of hydrogen-bond donors (Lipinski definition) is 2. The third kappa shape index (κ3) is 3.14. The van der Waals surface area contributed by atoms with Crippen molar-refractivity contribution in [1.29, 1.82) is 0 Å². The van der Waals surface area contributed by atoms with Gasteiger partial charge in [-0.1, -0.05) is 12.1 Å². The maximum Gasteiger partial charge on any atom is 0.255 e. The molecule has 0 unspecified atom stereocenters. The Balaban J connectivity index is 2.59. The van der Waals surface area contributed by atoms with Crippen LogP contribution in [0.25, 0.3) is 0 Å². The Morgan fingerprint density at radius 1 is 1.36 bits per heavy atom. The first-order valence-corrected chi connectivity index (χ1v) is 4.32. The lowest BCUT2D eigenvalue weighted by Crippen LogP contribution is -2.12. The molecule has 0 saturated carbocycles. The molecule has 4 heteroatoms. The second-order valence-corrected chi connectivity index (χ2v) is 2.85. The molecule has 0 spiro atoms. The molecule has 1 aromatic rings. The zero-order valence-electron chi connectivity index (χ0n) is 7.66. The molecular weight excluding hydrogens is 185 g/mol. The molecule has 3 nitrogen and oxygen atoms in total. The lowest BCUT2D eigenvalue weighted by atomic mass is 10.1. The Hall–Kier alpha value is -1.42. The van der Waals surface area contributed by atoms with E-state index in [0.29, 0.717) is 12.1 Å². The van der Waals surface area contributed by atoms with E-state index in [1.165, 1.54) is 0 Å². The quantitative estimate of drug-likeness (QED) is 0.760. The number of carbonyl (C=O) groups excluding carboxylic acids is 1. The van der Waals surface area contributed by atoms with Crippen molar-refractivity contribution in [3.63, 3.8) is 0 Å². The highest BCUT2D eigenvalue weighted by Crippen LogP contribution is 2.09. The number of hydrogen-bond acceptors (Lipinski definition) is 2. The number of rotatable bonds is 4. The topological polar surface area (TPSA) is 49.3 Å². The van der Waals surface area contributed by atoms with Gasteiger partial charge in [-0.3, -0.25) is 4.79 Å². The number of amides is 1. The molecule has 1 rings (SSSR count). The lowest BCUT2D eigenvalue weighted by molar-refractivity contribution is -0.117. The summed E-state index contributed by atoms with van der Waals surface area (Å²) in [6, 6.07) is 6.92. The first-order valence-electron chi connectivity index (χ1n) is 4.32. The van der Waals surface area contributed by atoms with E-state index in [1.54, 1.807) is 24.3 Å². The van der Waals surface area contributed by atoms with Gasteiger partial charge in [0.2, 0.25) is 0 Å². The van der Waals surface area contributed by atoms with Gasteiger partial charge in [0, 0.05) is 12.3 Å². The molecule has 1 amide bonds. The Kier molecular flexibility index (Phi) is 4.07. The fourth-order valence-electron chi connectivity index (χ4n) is 1.08. The van der Waals surface area contributed by atoms with E-state index >= 15 is 0 Å². The van der Waals surface area contributed by atoms with Crippen molar-refractivity contribution in [3.05, 3.63) is 29.8 Å². The predicted molar refractivity (Wildman–Crippen MR) is 51.8 cm³/mol. The Bertz CT molecular complexity index is 297. The molecule has 0 atom stereocenters. The standard InChI is InChI=1S/C10H12FNO2/c11-7-10(14)12-9-3-1-8(2-4-9)5-6-13/h1-4,13H,5-7H2,(H,12,14). The minimum absolute atomic E-state index is 0.0934. The highest BCUT2D eigenvalue weighted by atomic mass is 19.1. The van der Waals surface area contributed by atoms with Crippen LogP contribution in [0, 0.1) is 0 Å². The maximum absolute atomic E-state index is 11.8. The first kappa shape index (κ1) is 10.7. The minimum Gasteiger partial charge on any atom is -0.396 e. The van der Waals surface area contributed by atoms with Crippen LogP contribution in [-0.4, -0.2) is 24.3 Å². The number of halogens is 1. The van der Waals surface area contributed by atoms with Crippen LogP contribution >= 0.6 is 0 Å². The smallest absolute Gasteiger partial charge is 0.255 e. The number of aliphatic hydroxyl groups is 1. The molecule has 1 aromatic carbocycles. The van der Waals surface area contributed by atoms with Crippen LogP contribution in [0.2, 0.25) is 0 Å². The van der Waals surface area contributed by atoms with Crippen LogP contribution in [0.3, 0.4) is 0 Å². The number of nitrogens with one attached hydrogen (secondary N) is 1. The summed E-state index contributed by atoms with van der Waals surface area (Å²) in [6.07, 6.45) is 0.581. The van der Waals surface area contributed by atoms with Gasteiger partial charge in [-0.25, -0.2) is 4.39 Å². The van der Waals surface area contributed by atoms with Crippen molar-refractivity contribution < 1.29 is 14.3 Å². The van der Waals surface area contributed by atoms with E-state index in [1.807, 2.05) is 0 Å². The van der Waals surface area contributed by atoms with Gasteiger partial charge in [-0.05, 0) is 24.1 Å². The highest BCUT2D eigenvalue weighted by Gasteiger charge is 2.00. The third-order valence-corrected chi connectivity index (χ3v) is 1.76. The third-order valence-electron chi connectivity index (χ3n) is 1.76. The molecule has 0 aliphatic rings. The van der Waals surface area contributed by atoms with Crippen LogP contribution in [-0.2, 0) is 11.2 Å². The van der Waals surface area contributed by atoms with E-state index in [0.717, 1.165) is 5.56 Å². The van der Waals surface area contributed by atoms with Crippen LogP contribution in [0.15, 0.2) is 24.3 Å². The van der Waals surface area contributed by atoms with Gasteiger partial charge in [0.05, 0.1) is 0 Å². The Morgan fingerprint density at radius 2 is 2.00 bits per heavy atom. The van der Waals surface area contributed by atoms with Crippen molar-refractivity contribution in [2.45, 2.75) is 6.42 Å². The molecule has 76 valence electrons. The molecule has 0 radical (unpaired) electrons. The Morgan fingerprint density at radius 3 is 2.50 bits per heavy atom. The molecule has 0 aliphatic carbocycles. The molecule has 14 heavy (non-hydrogen) atoms. The number of aliphatic hydroxyl groups excluding tert-OH is 1. The summed E-state index contributed by atoms with van der Waals surface area (Å²) in [5, 5.41) is 11.0. The van der Waals surface area contributed by atoms with Crippen LogP contribution in [0.4, 0.5) is 10.1 Å². The van der Waals surface area contributed by atoms with Gasteiger partial charge in [-0.2, -0.15) is 0 Å². The van der Waals surface area contributed by atoms with E-state index < -0.39 is 12.6 Å². The molecule has 0 aromatic heterocycles. The molecular formula is C10H12FNO2. The fraction of sp³-hybridized carbons (Fsp3) is 0.300. The number of carbonyl (C=O) groups is 1. The minimum atomic E-state index is -1.02. The molecule has 0 heterocycles. The second-order valence-electron chi connectivity index (χ2n) is 2.85. The normalized spacial score (nSPS) is 9.86. The fourth-order valence-corrected chi connectivity index (χ4v) is 1.08. The zero-order valence-corrected chi connectivity index (χ0v) is 7.66. The zero-order chi connectivity index (χ0) is 10.4. The summed E-state index contributed by atoms with van der Waals surface area (Å²) in [5.41, 5.74) is 1.54. The van der Waals surface area contributed by atoms with E-state index in [9.17, 15) is 9.18 Å². The average molecular weight is 197 g/mol. The van der Waals surface area contributed by atoms with Crippen molar-refractivity contribution in [3.8, 4) is 0 Å². The molecule has 2 N–H and O–H groups in total. The first-order chi connectivity index (χ1) is 6.76. The lowest BCUT2D eigenvalue weighted by Gasteiger charge is -2.03. The predicted octanol–water partition coefficient (Wildman–Crippen LogP) is 1.13. The molecule has 0 aliphatic heterocycles. The van der Waals surface area contributed by atoms with E-state index in [4.69, 9.17) is 5.11 Å². The van der Waals surface area contributed by atoms with Crippen LogP contribution < -0.4 is 5.32 Å². The van der Waals surface area contributed by atoms with Gasteiger partial charge < -0.3 is 10.4 Å². The number of anilines is 1. The van der Waals surface area contributed by atoms with Crippen molar-refractivity contribution in [2.75, 3.05) is 18.6 Å². The summed E-state index contributed by atoms with van der Waals surface area (Å²) >= 11 is 0. The van der Waals surface area contributed by atoms with Crippen LogP contribution in [0.5, 0.6) is 0 Å². The van der Waals surface area contributed by atoms with Crippen molar-refractivity contribution >= 4 is 11.6 Å². The van der Waals surface area contributed by atoms with Crippen LogP contribution in [0.1, 0.15) is 5.56 Å². The second kappa shape index (κ2) is 5.34. The largest absolute Gasteiger partial charge is 0.396 e. The average Bonchev–Trinajstić information content (AvgIpc) is 2.21. The molecule has 0 saturated heterocycles. The highest BCUT2D eigenvalue weighted by molar-refractivity contribution is 5.91. The Labute approximate surface area is 81.6 Å². The van der Waals surface area contributed by atoms with E-state index in [-0.39, 0.29) is 6.61 Å². The van der Waals surface area contributed by atoms with Gasteiger partial charge in [-0.15, -0.1) is 0 Å². The summed E-state index contributed by atoms with van der Waals surface area (Å²) in [6.45, 7) is -0.922. The summed E-state index contributed by atoms with van der Waals surface area (Å²) < 4.78 is 11.8. The molecule has 0 bridgehead atoms. The summed E-state index contributed by atoms with van der Waals surface area (Å²) in [5.74, 6) is -0.653. The molecule has 0 fully saturated rings. The summed E-state index contributed by atoms with van der Waals surface area (Å²) in [4.78, 5) is 10.7. The van der Waals surface area contributed by atoms with Gasteiger partial charge in [0.15, 0.2) is 6.67 Å². The van der Waals surface area contributed by atoms with E-state index in [2.05, 4.69) is 5.32 Å². The van der Waals surface area contributed by atoms with Gasteiger partial charge >= 0.3 is 0 Å². The number of alkyl halides is 1. The SMILES string of the molecule is O=C(CF)Nc1ccc(CCO)cc1. The van der Waals surface area contributed by atoms with Crippen molar-refractivity contribution in [2.24, 2.45) is 0 Å². The number of benzene rings is 1.